The molecule has 0 bridgehead atoms. The number of aliphatic carboxylic acids is 1. The lowest BCUT2D eigenvalue weighted by Crippen LogP contribution is -2.36. The Labute approximate surface area is 176 Å². The Balaban J connectivity index is 2.16. The second-order valence-corrected chi connectivity index (χ2v) is 8.72. The van der Waals surface area contributed by atoms with Crippen molar-refractivity contribution in [1.29, 1.82) is 0 Å². The molecular formula is C25H40O4. The fraction of sp³-hybridized carbons (Fsp3) is 0.720. The Morgan fingerprint density at radius 1 is 0.793 bits per heavy atom. The molecule has 1 aromatic carbocycles. The highest BCUT2D eigenvalue weighted by molar-refractivity contribution is 5.81. The van der Waals surface area contributed by atoms with Gasteiger partial charge in [0.05, 0.1) is 12.5 Å². The summed E-state index contributed by atoms with van der Waals surface area (Å²) < 4.78 is 5.26. The van der Waals surface area contributed by atoms with Crippen molar-refractivity contribution in [2.45, 2.75) is 108 Å². The van der Waals surface area contributed by atoms with E-state index >= 15 is 0 Å². The maximum atomic E-state index is 12.5. The summed E-state index contributed by atoms with van der Waals surface area (Å²) in [6, 6.07) is 5.07. The summed E-state index contributed by atoms with van der Waals surface area (Å²) in [7, 11) is 1.51. The molecule has 1 aliphatic rings. The maximum absolute atomic E-state index is 12.5. The zero-order valence-corrected chi connectivity index (χ0v) is 18.3. The van der Waals surface area contributed by atoms with Gasteiger partial charge in [-0.3, -0.25) is 4.79 Å². The Bertz CT molecular complexity index is 593. The summed E-state index contributed by atoms with van der Waals surface area (Å²) in [6.45, 7) is 0. The van der Waals surface area contributed by atoms with Gasteiger partial charge in [-0.1, -0.05) is 96.0 Å². The highest BCUT2D eigenvalue weighted by Crippen LogP contribution is 2.40. The van der Waals surface area contributed by atoms with E-state index in [1.54, 1.807) is 18.2 Å². The van der Waals surface area contributed by atoms with Crippen molar-refractivity contribution < 1.29 is 19.7 Å². The van der Waals surface area contributed by atoms with Gasteiger partial charge in [0.25, 0.3) is 0 Å². The van der Waals surface area contributed by atoms with Gasteiger partial charge in [0.1, 0.15) is 0 Å². The lowest BCUT2D eigenvalue weighted by atomic mass is 9.72. The van der Waals surface area contributed by atoms with Gasteiger partial charge in [0, 0.05) is 0 Å². The summed E-state index contributed by atoms with van der Waals surface area (Å²) in [5.41, 5.74) is -0.132. The molecule has 0 heterocycles. The van der Waals surface area contributed by atoms with E-state index in [2.05, 4.69) is 0 Å². The molecule has 1 fully saturated rings. The van der Waals surface area contributed by atoms with Crippen molar-refractivity contribution in [3.05, 3.63) is 23.8 Å². The van der Waals surface area contributed by atoms with Crippen LogP contribution in [0.4, 0.5) is 0 Å². The van der Waals surface area contributed by atoms with Gasteiger partial charge >= 0.3 is 5.97 Å². The number of carboxylic acids is 1. The Morgan fingerprint density at radius 3 is 1.59 bits per heavy atom. The fourth-order valence-electron chi connectivity index (χ4n) is 4.70. The van der Waals surface area contributed by atoms with Crippen molar-refractivity contribution in [2.75, 3.05) is 7.11 Å². The van der Waals surface area contributed by atoms with Crippen molar-refractivity contribution in [2.24, 2.45) is 0 Å². The first-order valence-electron chi connectivity index (χ1n) is 11.7. The Kier molecular flexibility index (Phi) is 10.4. The summed E-state index contributed by atoms with van der Waals surface area (Å²) in [5, 5.41) is 20.3. The van der Waals surface area contributed by atoms with E-state index in [9.17, 15) is 15.0 Å². The van der Waals surface area contributed by atoms with Gasteiger partial charge in [-0.2, -0.15) is 0 Å². The van der Waals surface area contributed by atoms with Crippen LogP contribution in [0.25, 0.3) is 0 Å². The Morgan fingerprint density at radius 2 is 1.21 bits per heavy atom. The van der Waals surface area contributed by atoms with Gasteiger partial charge in [-0.05, 0) is 30.5 Å². The minimum atomic E-state index is -0.894. The highest BCUT2D eigenvalue weighted by Gasteiger charge is 2.39. The second-order valence-electron chi connectivity index (χ2n) is 8.72. The summed E-state index contributed by atoms with van der Waals surface area (Å²) in [6.07, 6.45) is 18.2. The number of aromatic hydroxyl groups is 1. The third kappa shape index (κ3) is 7.24. The molecule has 0 saturated heterocycles. The highest BCUT2D eigenvalue weighted by atomic mass is 16.5. The standard InChI is InChI=1S/C25H40O4/c1-29-23-20-21(16-17-22(23)26)25(24(27)28)18-14-12-10-8-6-4-2-3-5-7-9-11-13-15-19-25/h16-17,20,26H,2-15,18-19H2,1H3,(H,27,28). The zero-order valence-electron chi connectivity index (χ0n) is 18.3. The molecule has 164 valence electrons. The first-order valence-corrected chi connectivity index (χ1v) is 11.7. The smallest absolute Gasteiger partial charge is 0.314 e. The van der Waals surface area contributed by atoms with Gasteiger partial charge < -0.3 is 14.9 Å². The van der Waals surface area contributed by atoms with Crippen LogP contribution >= 0.6 is 0 Å². The van der Waals surface area contributed by atoms with Gasteiger partial charge in [0.15, 0.2) is 11.5 Å². The average molecular weight is 405 g/mol. The van der Waals surface area contributed by atoms with E-state index in [4.69, 9.17) is 4.74 Å². The van der Waals surface area contributed by atoms with Crippen LogP contribution in [0.15, 0.2) is 18.2 Å². The average Bonchev–Trinajstić information content (AvgIpc) is 2.72. The van der Waals surface area contributed by atoms with Crippen LogP contribution < -0.4 is 4.74 Å². The number of methoxy groups -OCH3 is 1. The quantitative estimate of drug-likeness (QED) is 0.570. The zero-order chi connectivity index (χ0) is 21.0. The number of carboxylic acid groups (broad SMARTS) is 1. The third-order valence-electron chi connectivity index (χ3n) is 6.60. The largest absolute Gasteiger partial charge is 0.504 e. The number of benzene rings is 1. The molecule has 1 saturated carbocycles. The van der Waals surface area contributed by atoms with Crippen molar-refractivity contribution in [1.82, 2.24) is 0 Å². The molecule has 0 atom stereocenters. The topological polar surface area (TPSA) is 66.8 Å². The molecule has 2 rings (SSSR count). The number of phenols is 1. The van der Waals surface area contributed by atoms with Gasteiger partial charge in [0.2, 0.25) is 0 Å². The van der Waals surface area contributed by atoms with Crippen molar-refractivity contribution in [3.8, 4) is 11.5 Å². The van der Waals surface area contributed by atoms with Crippen LogP contribution in [0.2, 0.25) is 0 Å². The first-order chi connectivity index (χ1) is 14.1. The monoisotopic (exact) mass is 404 g/mol. The van der Waals surface area contributed by atoms with Crippen LogP contribution in [0.5, 0.6) is 11.5 Å². The normalized spacial score (nSPS) is 20.4. The van der Waals surface area contributed by atoms with Crippen LogP contribution in [0.3, 0.4) is 0 Å². The van der Waals surface area contributed by atoms with E-state index in [0.717, 1.165) is 31.2 Å². The van der Waals surface area contributed by atoms with E-state index in [1.165, 1.54) is 71.3 Å². The van der Waals surface area contributed by atoms with Crippen molar-refractivity contribution in [3.63, 3.8) is 0 Å². The SMILES string of the molecule is COc1cc(C2(C(=O)O)CCCCCCCCCCCCCCCC2)ccc1O. The molecule has 0 unspecified atom stereocenters. The van der Waals surface area contributed by atoms with E-state index < -0.39 is 11.4 Å². The van der Waals surface area contributed by atoms with Gasteiger partial charge in [-0.25, -0.2) is 0 Å². The number of ether oxygens (including phenoxy) is 1. The molecule has 0 amide bonds. The lowest BCUT2D eigenvalue weighted by Gasteiger charge is -2.31. The maximum Gasteiger partial charge on any atom is 0.314 e. The number of carbonyl (C=O) groups is 1. The predicted octanol–water partition coefficient (Wildman–Crippen LogP) is 6.98. The minimum absolute atomic E-state index is 0.0565. The van der Waals surface area contributed by atoms with Gasteiger partial charge in [-0.15, -0.1) is 0 Å². The molecule has 1 aromatic rings. The van der Waals surface area contributed by atoms with Crippen LogP contribution in [-0.4, -0.2) is 23.3 Å². The summed E-state index contributed by atoms with van der Waals surface area (Å²) >= 11 is 0. The van der Waals surface area contributed by atoms with Crippen LogP contribution in [0.1, 0.15) is 108 Å². The molecule has 1 aliphatic carbocycles. The van der Waals surface area contributed by atoms with E-state index in [1.807, 2.05) is 0 Å². The minimum Gasteiger partial charge on any atom is -0.504 e. The lowest BCUT2D eigenvalue weighted by molar-refractivity contribution is -0.144. The first kappa shape index (κ1) is 23.6. The number of hydrogen-bond donors (Lipinski definition) is 2. The van der Waals surface area contributed by atoms with E-state index in [0.29, 0.717) is 18.6 Å². The van der Waals surface area contributed by atoms with E-state index in [-0.39, 0.29) is 5.75 Å². The molecule has 2 N–H and O–H groups in total. The summed E-state index contributed by atoms with van der Waals surface area (Å²) in [5.74, 6) is -0.337. The molecular weight excluding hydrogens is 364 g/mol. The molecule has 4 heteroatoms. The molecule has 0 aliphatic heterocycles. The van der Waals surface area contributed by atoms with Crippen LogP contribution in [0, 0.1) is 0 Å². The number of rotatable bonds is 3. The second kappa shape index (κ2) is 12.8. The molecule has 0 radical (unpaired) electrons. The summed E-state index contributed by atoms with van der Waals surface area (Å²) in [4.78, 5) is 12.5. The number of hydrogen-bond acceptors (Lipinski definition) is 3. The molecule has 0 spiro atoms. The molecule has 0 aromatic heterocycles. The molecule has 4 nitrogen and oxygen atoms in total. The third-order valence-corrected chi connectivity index (χ3v) is 6.60. The Hall–Kier alpha value is -1.71. The molecule has 29 heavy (non-hydrogen) atoms. The fourth-order valence-corrected chi connectivity index (χ4v) is 4.70. The van der Waals surface area contributed by atoms with Crippen LogP contribution in [-0.2, 0) is 10.2 Å². The van der Waals surface area contributed by atoms with Crippen molar-refractivity contribution >= 4 is 5.97 Å². The number of phenolic OH excluding ortho intramolecular Hbond substituents is 1. The predicted molar refractivity (Wildman–Crippen MR) is 118 cm³/mol.